The van der Waals surface area contributed by atoms with E-state index in [0.717, 1.165) is 0 Å². The number of rotatable bonds is 6. The molecule has 1 amide bonds. The fourth-order valence-corrected chi connectivity index (χ4v) is 1.17. The maximum Gasteiger partial charge on any atom is 0.407 e. The van der Waals surface area contributed by atoms with Gasteiger partial charge in [-0.3, -0.25) is 4.79 Å². The Balaban J connectivity index is 3.57. The van der Waals surface area contributed by atoms with Crippen LogP contribution in [-0.2, 0) is 14.3 Å². The topological polar surface area (TPSA) is 76.7 Å². The van der Waals surface area contributed by atoms with Gasteiger partial charge in [-0.15, -0.1) is 0 Å². The third kappa shape index (κ3) is 8.81. The van der Waals surface area contributed by atoms with Crippen molar-refractivity contribution in [2.75, 3.05) is 20.2 Å². The Bertz CT molecular complexity index is 274. The van der Waals surface area contributed by atoms with Gasteiger partial charge in [0.15, 0.2) is 0 Å². The Morgan fingerprint density at radius 3 is 2.33 bits per heavy atom. The van der Waals surface area contributed by atoms with Crippen LogP contribution in [0.2, 0.25) is 0 Å². The lowest BCUT2D eigenvalue weighted by Crippen LogP contribution is -2.37. The van der Waals surface area contributed by atoms with Gasteiger partial charge in [0.2, 0.25) is 0 Å². The van der Waals surface area contributed by atoms with Crippen molar-refractivity contribution in [3.63, 3.8) is 0 Å². The van der Waals surface area contributed by atoms with Crippen molar-refractivity contribution in [3.8, 4) is 0 Å². The molecule has 0 unspecified atom stereocenters. The Kier molecular flexibility index (Phi) is 7.35. The number of ether oxygens (including phenoxy) is 2. The monoisotopic (exact) mass is 260 g/mol. The molecular weight excluding hydrogens is 236 g/mol. The van der Waals surface area contributed by atoms with Gasteiger partial charge in [-0.25, -0.2) is 4.79 Å². The number of hydrogen-bond donors (Lipinski definition) is 2. The van der Waals surface area contributed by atoms with E-state index in [1.54, 1.807) is 6.92 Å². The molecule has 6 nitrogen and oxygen atoms in total. The summed E-state index contributed by atoms with van der Waals surface area (Å²) in [6.07, 6.45) is 0.282. The van der Waals surface area contributed by atoms with Gasteiger partial charge in [-0.1, -0.05) is 0 Å². The summed E-state index contributed by atoms with van der Waals surface area (Å²) in [5.74, 6) is -0.296. The molecule has 2 N–H and O–H groups in total. The summed E-state index contributed by atoms with van der Waals surface area (Å²) in [5, 5.41) is 5.63. The number of esters is 1. The van der Waals surface area contributed by atoms with Crippen molar-refractivity contribution in [1.29, 1.82) is 0 Å². The Morgan fingerprint density at radius 2 is 1.83 bits per heavy atom. The Labute approximate surface area is 108 Å². The highest BCUT2D eigenvalue weighted by Crippen LogP contribution is 2.06. The number of methoxy groups -OCH3 is 1. The SMILES string of the molecule is COC(=O)[C@H](C)NCCCNC(=O)OC(C)(C)C. The average Bonchev–Trinajstić information content (AvgIpc) is 2.24. The minimum Gasteiger partial charge on any atom is -0.468 e. The fraction of sp³-hybridized carbons (Fsp3) is 0.833. The Morgan fingerprint density at radius 1 is 1.22 bits per heavy atom. The number of amides is 1. The van der Waals surface area contributed by atoms with E-state index in [1.165, 1.54) is 7.11 Å². The lowest BCUT2D eigenvalue weighted by atomic mass is 10.2. The summed E-state index contributed by atoms with van der Waals surface area (Å²) < 4.78 is 9.65. The predicted molar refractivity (Wildman–Crippen MR) is 68.3 cm³/mol. The number of carbonyl (C=O) groups is 2. The third-order valence-electron chi connectivity index (χ3n) is 2.03. The average molecular weight is 260 g/mol. The molecule has 0 aromatic heterocycles. The molecule has 0 heterocycles. The normalized spacial score (nSPS) is 12.7. The summed E-state index contributed by atoms with van der Waals surface area (Å²) in [4.78, 5) is 22.3. The van der Waals surface area contributed by atoms with Crippen LogP contribution in [0.15, 0.2) is 0 Å². The molecule has 0 fully saturated rings. The van der Waals surface area contributed by atoms with E-state index in [1.807, 2.05) is 20.8 Å². The van der Waals surface area contributed by atoms with Crippen LogP contribution < -0.4 is 10.6 Å². The second-order valence-corrected chi connectivity index (χ2v) is 4.98. The number of hydrogen-bond acceptors (Lipinski definition) is 5. The first-order valence-corrected chi connectivity index (χ1v) is 6.04. The summed E-state index contributed by atoms with van der Waals surface area (Å²) in [6.45, 7) is 8.28. The highest BCUT2D eigenvalue weighted by Gasteiger charge is 2.15. The molecule has 0 radical (unpaired) electrons. The molecule has 0 spiro atoms. The first-order valence-electron chi connectivity index (χ1n) is 6.04. The Hall–Kier alpha value is -1.30. The summed E-state index contributed by atoms with van der Waals surface area (Å²) in [6, 6.07) is -0.337. The van der Waals surface area contributed by atoms with Crippen LogP contribution in [0.4, 0.5) is 4.79 Å². The number of alkyl carbamates (subject to hydrolysis) is 1. The van der Waals surface area contributed by atoms with E-state index in [4.69, 9.17) is 4.74 Å². The van der Waals surface area contributed by atoms with Gasteiger partial charge >= 0.3 is 12.1 Å². The van der Waals surface area contributed by atoms with Crippen molar-refractivity contribution in [3.05, 3.63) is 0 Å². The van der Waals surface area contributed by atoms with Crippen LogP contribution >= 0.6 is 0 Å². The van der Waals surface area contributed by atoms with Crippen LogP contribution in [0.1, 0.15) is 34.1 Å². The van der Waals surface area contributed by atoms with Gasteiger partial charge in [0.1, 0.15) is 11.6 Å². The van der Waals surface area contributed by atoms with E-state index in [2.05, 4.69) is 15.4 Å². The predicted octanol–water partition coefficient (Wildman–Crippen LogP) is 1.05. The fourth-order valence-electron chi connectivity index (χ4n) is 1.17. The first kappa shape index (κ1) is 16.7. The summed E-state index contributed by atoms with van der Waals surface area (Å²) in [7, 11) is 1.35. The van der Waals surface area contributed by atoms with Gasteiger partial charge in [0.25, 0.3) is 0 Å². The molecular formula is C12H24N2O4. The molecule has 18 heavy (non-hydrogen) atoms. The molecule has 0 aromatic rings. The standard InChI is InChI=1S/C12H24N2O4/c1-9(10(15)17-5)13-7-6-8-14-11(16)18-12(2,3)4/h9,13H,6-8H2,1-5H3,(H,14,16)/t9-/m0/s1. The molecule has 0 saturated heterocycles. The van der Waals surface area contributed by atoms with Crippen LogP contribution in [0.25, 0.3) is 0 Å². The lowest BCUT2D eigenvalue weighted by molar-refractivity contribution is -0.142. The molecule has 0 aliphatic heterocycles. The molecule has 106 valence electrons. The van der Waals surface area contributed by atoms with Gasteiger partial charge in [-0.2, -0.15) is 0 Å². The van der Waals surface area contributed by atoms with Crippen LogP contribution in [0.3, 0.4) is 0 Å². The van der Waals surface area contributed by atoms with Crippen molar-refractivity contribution in [1.82, 2.24) is 10.6 Å². The zero-order valence-electron chi connectivity index (χ0n) is 11.8. The number of nitrogens with one attached hydrogen (secondary N) is 2. The summed E-state index contributed by atoms with van der Waals surface area (Å²) in [5.41, 5.74) is -0.484. The van der Waals surface area contributed by atoms with E-state index in [0.29, 0.717) is 19.5 Å². The van der Waals surface area contributed by atoms with Gasteiger partial charge < -0.3 is 20.1 Å². The quantitative estimate of drug-likeness (QED) is 0.551. The van der Waals surface area contributed by atoms with Gasteiger partial charge in [0, 0.05) is 6.54 Å². The van der Waals surface area contributed by atoms with Crippen molar-refractivity contribution in [2.24, 2.45) is 0 Å². The molecule has 0 rings (SSSR count). The maximum absolute atomic E-state index is 11.3. The maximum atomic E-state index is 11.3. The van der Waals surface area contributed by atoms with Crippen molar-refractivity contribution < 1.29 is 19.1 Å². The minimum absolute atomic E-state index is 0.296. The molecule has 0 bridgehead atoms. The zero-order chi connectivity index (χ0) is 14.2. The highest BCUT2D eigenvalue weighted by molar-refractivity contribution is 5.75. The van der Waals surface area contributed by atoms with Crippen LogP contribution in [0.5, 0.6) is 0 Å². The van der Waals surface area contributed by atoms with E-state index in [9.17, 15) is 9.59 Å². The first-order chi connectivity index (χ1) is 8.26. The van der Waals surface area contributed by atoms with Crippen molar-refractivity contribution >= 4 is 12.1 Å². The highest BCUT2D eigenvalue weighted by atomic mass is 16.6. The zero-order valence-corrected chi connectivity index (χ0v) is 11.8. The van der Waals surface area contributed by atoms with Crippen LogP contribution in [0, 0.1) is 0 Å². The van der Waals surface area contributed by atoms with Crippen LogP contribution in [-0.4, -0.2) is 43.9 Å². The van der Waals surface area contributed by atoms with E-state index < -0.39 is 11.7 Å². The van der Waals surface area contributed by atoms with Crippen molar-refractivity contribution in [2.45, 2.75) is 45.8 Å². The molecule has 0 aliphatic rings. The third-order valence-corrected chi connectivity index (χ3v) is 2.03. The molecule has 1 atom stereocenters. The van der Waals surface area contributed by atoms with Gasteiger partial charge in [-0.05, 0) is 40.7 Å². The largest absolute Gasteiger partial charge is 0.468 e. The smallest absolute Gasteiger partial charge is 0.407 e. The lowest BCUT2D eigenvalue weighted by Gasteiger charge is -2.19. The van der Waals surface area contributed by atoms with E-state index in [-0.39, 0.29) is 12.0 Å². The number of carbonyl (C=O) groups excluding carboxylic acids is 2. The van der Waals surface area contributed by atoms with Gasteiger partial charge in [0.05, 0.1) is 7.11 Å². The summed E-state index contributed by atoms with van der Waals surface area (Å²) >= 11 is 0. The second-order valence-electron chi connectivity index (χ2n) is 4.98. The second kappa shape index (κ2) is 7.92. The molecule has 6 heteroatoms. The molecule has 0 aromatic carbocycles. The van der Waals surface area contributed by atoms with E-state index >= 15 is 0 Å². The molecule has 0 saturated carbocycles. The minimum atomic E-state index is -0.484. The molecule has 0 aliphatic carbocycles.